The maximum atomic E-state index is 4.62. The molecule has 0 fully saturated rings. The molecule has 1 unspecified atom stereocenters. The Morgan fingerprint density at radius 3 is 2.61 bits per heavy atom. The highest BCUT2D eigenvalue weighted by atomic mass is 32.2. The second-order valence-electron chi connectivity index (χ2n) is 4.98. The summed E-state index contributed by atoms with van der Waals surface area (Å²) in [5, 5.41) is 4.07. The number of nitrogens with one attached hydrogen (secondary N) is 1. The molecule has 1 rings (SSSR count). The second kappa shape index (κ2) is 7.74. The third-order valence-corrected chi connectivity index (χ3v) is 4.04. The summed E-state index contributed by atoms with van der Waals surface area (Å²) in [4.78, 5) is 9.12. The predicted molar refractivity (Wildman–Crippen MR) is 79.8 cm³/mol. The Labute approximate surface area is 115 Å². The van der Waals surface area contributed by atoms with Crippen molar-refractivity contribution in [3.05, 3.63) is 23.3 Å². The Hall–Kier alpha value is -0.610. The summed E-state index contributed by atoms with van der Waals surface area (Å²) < 4.78 is 0. The number of aryl methyl sites for hydroxylation is 1. The average molecular weight is 267 g/mol. The first-order chi connectivity index (χ1) is 8.51. The molecule has 0 spiro atoms. The summed E-state index contributed by atoms with van der Waals surface area (Å²) in [7, 11) is 0. The highest BCUT2D eigenvalue weighted by Gasteiger charge is 2.06. The normalized spacial score (nSPS) is 13.0. The summed E-state index contributed by atoms with van der Waals surface area (Å²) >= 11 is 1.93. The molecule has 1 aromatic rings. The van der Waals surface area contributed by atoms with E-state index in [-0.39, 0.29) is 0 Å². The maximum absolute atomic E-state index is 4.62. The molecular formula is C14H25N3S. The fourth-order valence-corrected chi connectivity index (χ4v) is 2.30. The van der Waals surface area contributed by atoms with Crippen LogP contribution in [-0.2, 0) is 12.3 Å². The van der Waals surface area contributed by atoms with E-state index in [0.717, 1.165) is 29.5 Å². The van der Waals surface area contributed by atoms with Gasteiger partial charge in [0.05, 0.1) is 11.4 Å². The SMILES string of the molecule is CCC(C)SCc1nc(C)cc(CNC(C)C)n1. The molecule has 102 valence electrons. The second-order valence-corrected chi connectivity index (χ2v) is 6.41. The highest BCUT2D eigenvalue weighted by Crippen LogP contribution is 2.18. The van der Waals surface area contributed by atoms with Crippen LogP contribution in [-0.4, -0.2) is 21.3 Å². The van der Waals surface area contributed by atoms with Gasteiger partial charge in [-0.3, -0.25) is 0 Å². The van der Waals surface area contributed by atoms with E-state index in [1.807, 2.05) is 18.7 Å². The zero-order valence-corrected chi connectivity index (χ0v) is 13.0. The molecule has 0 aliphatic carbocycles. The van der Waals surface area contributed by atoms with E-state index in [1.54, 1.807) is 0 Å². The van der Waals surface area contributed by atoms with Gasteiger partial charge in [0.1, 0.15) is 5.82 Å². The summed E-state index contributed by atoms with van der Waals surface area (Å²) in [5.74, 6) is 1.87. The molecule has 1 aromatic heterocycles. The quantitative estimate of drug-likeness (QED) is 0.822. The third kappa shape index (κ3) is 5.83. The monoisotopic (exact) mass is 267 g/mol. The van der Waals surface area contributed by atoms with Crippen LogP contribution in [0, 0.1) is 6.92 Å². The molecule has 0 aliphatic rings. The number of hydrogen-bond donors (Lipinski definition) is 1. The fraction of sp³-hybridized carbons (Fsp3) is 0.714. The molecular weight excluding hydrogens is 242 g/mol. The molecule has 0 amide bonds. The van der Waals surface area contributed by atoms with E-state index in [2.05, 4.69) is 49.0 Å². The lowest BCUT2D eigenvalue weighted by atomic mass is 10.3. The van der Waals surface area contributed by atoms with Crippen LogP contribution in [0.25, 0.3) is 0 Å². The van der Waals surface area contributed by atoms with Gasteiger partial charge in [0, 0.05) is 23.5 Å². The molecule has 0 radical (unpaired) electrons. The van der Waals surface area contributed by atoms with Gasteiger partial charge >= 0.3 is 0 Å². The van der Waals surface area contributed by atoms with Crippen molar-refractivity contribution in [2.24, 2.45) is 0 Å². The molecule has 1 atom stereocenters. The van der Waals surface area contributed by atoms with Crippen LogP contribution < -0.4 is 5.32 Å². The number of aromatic nitrogens is 2. The molecule has 4 heteroatoms. The van der Waals surface area contributed by atoms with E-state index in [9.17, 15) is 0 Å². The van der Waals surface area contributed by atoms with Crippen molar-refractivity contribution in [3.8, 4) is 0 Å². The zero-order chi connectivity index (χ0) is 13.5. The Kier molecular flexibility index (Phi) is 6.65. The molecule has 1 N–H and O–H groups in total. The van der Waals surface area contributed by atoms with Gasteiger partial charge in [0.2, 0.25) is 0 Å². The number of nitrogens with zero attached hydrogens (tertiary/aromatic N) is 2. The van der Waals surface area contributed by atoms with E-state index in [0.29, 0.717) is 11.3 Å². The third-order valence-electron chi connectivity index (χ3n) is 2.72. The minimum Gasteiger partial charge on any atom is -0.309 e. The van der Waals surface area contributed by atoms with Crippen LogP contribution in [0.2, 0.25) is 0 Å². The maximum Gasteiger partial charge on any atom is 0.138 e. The van der Waals surface area contributed by atoms with Crippen LogP contribution in [0.15, 0.2) is 6.07 Å². The van der Waals surface area contributed by atoms with Gasteiger partial charge in [-0.05, 0) is 19.4 Å². The summed E-state index contributed by atoms with van der Waals surface area (Å²) in [5.41, 5.74) is 2.15. The van der Waals surface area contributed by atoms with Gasteiger partial charge in [0.25, 0.3) is 0 Å². The highest BCUT2D eigenvalue weighted by molar-refractivity contribution is 7.99. The van der Waals surface area contributed by atoms with Crippen molar-refractivity contribution in [3.63, 3.8) is 0 Å². The lowest BCUT2D eigenvalue weighted by Crippen LogP contribution is -2.22. The average Bonchev–Trinajstić information content (AvgIpc) is 2.33. The molecule has 0 bridgehead atoms. The van der Waals surface area contributed by atoms with Crippen molar-refractivity contribution in [1.29, 1.82) is 0 Å². The standard InChI is InChI=1S/C14H25N3S/c1-6-12(5)18-9-14-16-11(4)7-13(17-14)8-15-10(2)3/h7,10,12,15H,6,8-9H2,1-5H3. The van der Waals surface area contributed by atoms with Gasteiger partial charge in [-0.2, -0.15) is 11.8 Å². The summed E-state index contributed by atoms with van der Waals surface area (Å²) in [6, 6.07) is 2.55. The molecule has 0 saturated carbocycles. The molecule has 0 saturated heterocycles. The van der Waals surface area contributed by atoms with Gasteiger partial charge in [-0.1, -0.05) is 27.7 Å². The van der Waals surface area contributed by atoms with Crippen molar-refractivity contribution < 1.29 is 0 Å². The minimum atomic E-state index is 0.484. The smallest absolute Gasteiger partial charge is 0.138 e. The van der Waals surface area contributed by atoms with Crippen molar-refractivity contribution in [2.45, 2.75) is 64.6 Å². The zero-order valence-electron chi connectivity index (χ0n) is 12.2. The van der Waals surface area contributed by atoms with Crippen molar-refractivity contribution in [2.75, 3.05) is 0 Å². The number of hydrogen-bond acceptors (Lipinski definition) is 4. The van der Waals surface area contributed by atoms with Crippen LogP contribution in [0.5, 0.6) is 0 Å². The van der Waals surface area contributed by atoms with Gasteiger partial charge in [0.15, 0.2) is 0 Å². The lowest BCUT2D eigenvalue weighted by molar-refractivity contribution is 0.579. The molecule has 3 nitrogen and oxygen atoms in total. The minimum absolute atomic E-state index is 0.484. The van der Waals surface area contributed by atoms with Crippen molar-refractivity contribution >= 4 is 11.8 Å². The van der Waals surface area contributed by atoms with Crippen molar-refractivity contribution in [1.82, 2.24) is 15.3 Å². The first kappa shape index (κ1) is 15.4. The van der Waals surface area contributed by atoms with Gasteiger partial charge in [-0.25, -0.2) is 9.97 Å². The predicted octanol–water partition coefficient (Wildman–Crippen LogP) is 3.31. The van der Waals surface area contributed by atoms with Crippen LogP contribution in [0.1, 0.15) is 51.3 Å². The Balaban J connectivity index is 2.62. The largest absolute Gasteiger partial charge is 0.309 e. The van der Waals surface area contributed by atoms with E-state index >= 15 is 0 Å². The van der Waals surface area contributed by atoms with E-state index in [4.69, 9.17) is 0 Å². The first-order valence-corrected chi connectivity index (χ1v) is 7.74. The van der Waals surface area contributed by atoms with Gasteiger partial charge in [-0.15, -0.1) is 0 Å². The lowest BCUT2D eigenvalue weighted by Gasteiger charge is -2.11. The van der Waals surface area contributed by atoms with Crippen LogP contribution in [0.3, 0.4) is 0 Å². The molecule has 0 aromatic carbocycles. The van der Waals surface area contributed by atoms with E-state index in [1.165, 1.54) is 6.42 Å². The van der Waals surface area contributed by atoms with Crippen LogP contribution in [0.4, 0.5) is 0 Å². The summed E-state index contributed by atoms with van der Waals surface area (Å²) in [6.07, 6.45) is 1.19. The Morgan fingerprint density at radius 2 is 2.00 bits per heavy atom. The fourth-order valence-electron chi connectivity index (χ4n) is 1.50. The summed E-state index contributed by atoms with van der Waals surface area (Å²) in [6.45, 7) is 11.6. The molecule has 18 heavy (non-hydrogen) atoms. The number of rotatable bonds is 7. The molecule has 0 aliphatic heterocycles. The van der Waals surface area contributed by atoms with E-state index < -0.39 is 0 Å². The number of thioether (sulfide) groups is 1. The molecule has 1 heterocycles. The van der Waals surface area contributed by atoms with Crippen LogP contribution >= 0.6 is 11.8 Å². The Morgan fingerprint density at radius 1 is 1.28 bits per heavy atom. The Bertz CT molecular complexity index is 366. The van der Waals surface area contributed by atoms with Gasteiger partial charge < -0.3 is 5.32 Å². The first-order valence-electron chi connectivity index (χ1n) is 6.69. The topological polar surface area (TPSA) is 37.8 Å².